The van der Waals surface area contributed by atoms with Crippen LogP contribution in [0, 0.1) is 0 Å². The second-order valence-corrected chi connectivity index (χ2v) is 4.82. The fraction of sp³-hybridized carbons (Fsp3) is 0.600. The summed E-state index contributed by atoms with van der Waals surface area (Å²) in [6.07, 6.45) is 2.54. The Hall–Kier alpha value is -0.900. The van der Waals surface area contributed by atoms with Crippen LogP contribution in [0.2, 0.25) is 0 Å². The van der Waals surface area contributed by atoms with Crippen LogP contribution in [0.3, 0.4) is 0 Å². The molecular formula is C15H24N2O. The Morgan fingerprint density at radius 3 is 2.72 bits per heavy atom. The molecule has 3 nitrogen and oxygen atoms in total. The molecule has 2 N–H and O–H groups in total. The minimum atomic E-state index is 0.334. The summed E-state index contributed by atoms with van der Waals surface area (Å²) in [6.45, 7) is 6.95. The van der Waals surface area contributed by atoms with E-state index in [1.54, 1.807) is 0 Å². The molecule has 1 saturated heterocycles. The first kappa shape index (κ1) is 13.5. The topological polar surface area (TPSA) is 33.3 Å². The Morgan fingerprint density at radius 1 is 1.28 bits per heavy atom. The molecule has 0 amide bonds. The van der Waals surface area contributed by atoms with E-state index < -0.39 is 0 Å². The molecule has 2 rings (SSSR count). The molecule has 1 atom stereocenters. The van der Waals surface area contributed by atoms with E-state index in [4.69, 9.17) is 4.74 Å². The van der Waals surface area contributed by atoms with Crippen LogP contribution >= 0.6 is 0 Å². The predicted molar refractivity (Wildman–Crippen MR) is 75.0 cm³/mol. The number of hydrogen-bond acceptors (Lipinski definition) is 3. The molecule has 0 radical (unpaired) electrons. The lowest BCUT2D eigenvalue weighted by molar-refractivity contribution is 0.0294. The molecule has 0 aliphatic carbocycles. The van der Waals surface area contributed by atoms with Gasteiger partial charge in [0.2, 0.25) is 0 Å². The third-order valence-electron chi connectivity index (χ3n) is 3.40. The smallest absolute Gasteiger partial charge is 0.0824 e. The van der Waals surface area contributed by atoms with Crippen LogP contribution in [0.5, 0.6) is 0 Å². The Morgan fingerprint density at radius 2 is 2.06 bits per heavy atom. The maximum absolute atomic E-state index is 5.64. The minimum absolute atomic E-state index is 0.334. The second kappa shape index (κ2) is 7.52. The summed E-state index contributed by atoms with van der Waals surface area (Å²) in [7, 11) is 0. The fourth-order valence-corrected chi connectivity index (χ4v) is 2.19. The van der Waals surface area contributed by atoms with Crippen LogP contribution < -0.4 is 10.6 Å². The van der Waals surface area contributed by atoms with Crippen LogP contribution in [-0.2, 0) is 17.6 Å². The van der Waals surface area contributed by atoms with Gasteiger partial charge >= 0.3 is 0 Å². The first-order valence-electron chi connectivity index (χ1n) is 6.99. The molecule has 0 spiro atoms. The zero-order chi connectivity index (χ0) is 12.6. The normalized spacial score (nSPS) is 19.9. The summed E-state index contributed by atoms with van der Waals surface area (Å²) in [5.74, 6) is 0. The van der Waals surface area contributed by atoms with E-state index in [9.17, 15) is 0 Å². The maximum atomic E-state index is 5.64. The standard InChI is InChI=1S/C15H24N2O/c1-2-13-3-5-14(6-4-13)7-8-16-11-15-12-17-9-10-18-15/h3-6,15-17H,2,7-12H2,1H3. The highest BCUT2D eigenvalue weighted by molar-refractivity contribution is 5.22. The highest BCUT2D eigenvalue weighted by atomic mass is 16.5. The van der Waals surface area contributed by atoms with E-state index in [0.717, 1.165) is 45.6 Å². The maximum Gasteiger partial charge on any atom is 0.0824 e. The van der Waals surface area contributed by atoms with Gasteiger partial charge in [-0.15, -0.1) is 0 Å². The van der Waals surface area contributed by atoms with Gasteiger partial charge in [0, 0.05) is 19.6 Å². The average molecular weight is 248 g/mol. The molecule has 1 fully saturated rings. The third kappa shape index (κ3) is 4.41. The average Bonchev–Trinajstić information content (AvgIpc) is 2.45. The van der Waals surface area contributed by atoms with Crippen LogP contribution in [0.4, 0.5) is 0 Å². The first-order chi connectivity index (χ1) is 8.88. The van der Waals surface area contributed by atoms with Crippen LogP contribution in [0.25, 0.3) is 0 Å². The summed E-state index contributed by atoms with van der Waals surface area (Å²) in [6, 6.07) is 8.92. The van der Waals surface area contributed by atoms with Gasteiger partial charge in [0.15, 0.2) is 0 Å². The number of ether oxygens (including phenoxy) is 1. The highest BCUT2D eigenvalue weighted by Gasteiger charge is 2.11. The van der Waals surface area contributed by atoms with Crippen molar-refractivity contribution >= 4 is 0 Å². The van der Waals surface area contributed by atoms with Crippen molar-refractivity contribution in [3.63, 3.8) is 0 Å². The second-order valence-electron chi connectivity index (χ2n) is 4.82. The van der Waals surface area contributed by atoms with Crippen molar-refractivity contribution in [1.82, 2.24) is 10.6 Å². The van der Waals surface area contributed by atoms with Crippen molar-refractivity contribution in [1.29, 1.82) is 0 Å². The fourth-order valence-electron chi connectivity index (χ4n) is 2.19. The van der Waals surface area contributed by atoms with Crippen molar-refractivity contribution in [2.45, 2.75) is 25.9 Å². The van der Waals surface area contributed by atoms with Crippen molar-refractivity contribution < 1.29 is 4.74 Å². The van der Waals surface area contributed by atoms with E-state index in [2.05, 4.69) is 41.8 Å². The van der Waals surface area contributed by atoms with Crippen LogP contribution in [0.15, 0.2) is 24.3 Å². The molecule has 0 aromatic heterocycles. The number of aryl methyl sites for hydroxylation is 1. The van der Waals surface area contributed by atoms with Crippen molar-refractivity contribution in [3.8, 4) is 0 Å². The zero-order valence-electron chi connectivity index (χ0n) is 11.2. The number of rotatable bonds is 6. The molecule has 1 heterocycles. The Bertz CT molecular complexity index is 331. The largest absolute Gasteiger partial charge is 0.374 e. The minimum Gasteiger partial charge on any atom is -0.374 e. The molecule has 1 aromatic rings. The lowest BCUT2D eigenvalue weighted by Crippen LogP contribution is -2.44. The quantitative estimate of drug-likeness (QED) is 0.746. The van der Waals surface area contributed by atoms with Gasteiger partial charge in [0.05, 0.1) is 12.7 Å². The van der Waals surface area contributed by atoms with Gasteiger partial charge < -0.3 is 15.4 Å². The molecule has 1 aliphatic rings. The zero-order valence-corrected chi connectivity index (χ0v) is 11.2. The molecule has 0 bridgehead atoms. The molecule has 1 aromatic carbocycles. The molecule has 18 heavy (non-hydrogen) atoms. The summed E-state index contributed by atoms with van der Waals surface area (Å²) < 4.78 is 5.64. The Kier molecular flexibility index (Phi) is 5.65. The molecule has 0 saturated carbocycles. The van der Waals surface area contributed by atoms with Gasteiger partial charge in [0.1, 0.15) is 0 Å². The lowest BCUT2D eigenvalue weighted by Gasteiger charge is -2.23. The number of morpholine rings is 1. The Labute approximate surface area is 110 Å². The molecule has 3 heteroatoms. The van der Waals surface area contributed by atoms with E-state index in [1.165, 1.54) is 11.1 Å². The lowest BCUT2D eigenvalue weighted by atomic mass is 10.1. The van der Waals surface area contributed by atoms with Gasteiger partial charge in [-0.05, 0) is 30.5 Å². The van der Waals surface area contributed by atoms with Crippen molar-refractivity contribution in [2.24, 2.45) is 0 Å². The van der Waals surface area contributed by atoms with Crippen LogP contribution in [-0.4, -0.2) is 38.9 Å². The van der Waals surface area contributed by atoms with E-state index >= 15 is 0 Å². The summed E-state index contributed by atoms with van der Waals surface area (Å²) in [5.41, 5.74) is 2.82. The van der Waals surface area contributed by atoms with Crippen LogP contribution in [0.1, 0.15) is 18.1 Å². The molecule has 1 aliphatic heterocycles. The number of nitrogens with one attached hydrogen (secondary N) is 2. The summed E-state index contributed by atoms with van der Waals surface area (Å²) in [5, 5.41) is 6.81. The van der Waals surface area contributed by atoms with E-state index in [1.807, 2.05) is 0 Å². The molecular weight excluding hydrogens is 224 g/mol. The summed E-state index contributed by atoms with van der Waals surface area (Å²) in [4.78, 5) is 0. The van der Waals surface area contributed by atoms with Gasteiger partial charge in [-0.2, -0.15) is 0 Å². The molecule has 1 unspecified atom stereocenters. The predicted octanol–water partition coefficient (Wildman–Crippen LogP) is 1.37. The van der Waals surface area contributed by atoms with Gasteiger partial charge in [0.25, 0.3) is 0 Å². The number of hydrogen-bond donors (Lipinski definition) is 2. The van der Waals surface area contributed by atoms with E-state index in [0.29, 0.717) is 6.10 Å². The van der Waals surface area contributed by atoms with Gasteiger partial charge in [-0.1, -0.05) is 31.2 Å². The SMILES string of the molecule is CCc1ccc(CCNCC2CNCCO2)cc1. The summed E-state index contributed by atoms with van der Waals surface area (Å²) >= 11 is 0. The molecule has 100 valence electrons. The van der Waals surface area contributed by atoms with E-state index in [-0.39, 0.29) is 0 Å². The van der Waals surface area contributed by atoms with Crippen molar-refractivity contribution in [2.75, 3.05) is 32.8 Å². The number of benzene rings is 1. The van der Waals surface area contributed by atoms with Gasteiger partial charge in [-0.3, -0.25) is 0 Å². The third-order valence-corrected chi connectivity index (χ3v) is 3.40. The Balaban J connectivity index is 1.62. The van der Waals surface area contributed by atoms with Gasteiger partial charge in [-0.25, -0.2) is 0 Å². The highest BCUT2D eigenvalue weighted by Crippen LogP contribution is 2.05. The van der Waals surface area contributed by atoms with Crippen molar-refractivity contribution in [3.05, 3.63) is 35.4 Å². The monoisotopic (exact) mass is 248 g/mol. The first-order valence-corrected chi connectivity index (χ1v) is 6.99.